The van der Waals surface area contributed by atoms with Gasteiger partial charge >= 0.3 is 11.9 Å². The monoisotopic (exact) mass is 636 g/mol. The van der Waals surface area contributed by atoms with Crippen molar-refractivity contribution in [3.8, 4) is 0 Å². The number of carbonyl (C=O) groups excluding carboxylic acids is 2. The topological polar surface area (TPSA) is 92.8 Å². The van der Waals surface area contributed by atoms with Gasteiger partial charge in [-0.05, 0) is 75.4 Å². The molecule has 0 aromatic heterocycles. The fourth-order valence-electron chi connectivity index (χ4n) is 8.61. The molecule has 2 spiro atoms. The van der Waals surface area contributed by atoms with E-state index in [4.69, 9.17) is 28.1 Å². The van der Waals surface area contributed by atoms with E-state index in [0.717, 1.165) is 44.9 Å². The van der Waals surface area contributed by atoms with Crippen molar-refractivity contribution in [1.29, 1.82) is 0 Å². The van der Waals surface area contributed by atoms with Crippen molar-refractivity contribution in [3.05, 3.63) is 0 Å². The van der Waals surface area contributed by atoms with Gasteiger partial charge in [-0.2, -0.15) is 0 Å². The average Bonchev–Trinajstić information content (AvgIpc) is 3.70. The third kappa shape index (κ3) is 6.18. The number of rotatable bonds is 3. The van der Waals surface area contributed by atoms with Crippen molar-refractivity contribution in [3.63, 3.8) is 0 Å². The first-order chi connectivity index (χ1) is 20.5. The first kappa shape index (κ1) is 34.3. The molecule has 0 radical (unpaired) electrons. The zero-order valence-corrected chi connectivity index (χ0v) is 30.0. The molecule has 5 aliphatic rings. The summed E-state index contributed by atoms with van der Waals surface area (Å²) in [4.78, 5) is 26.7. The van der Waals surface area contributed by atoms with Crippen LogP contribution in [-0.4, -0.2) is 76.2 Å². The molecule has 9 heteroatoms. The maximum absolute atomic E-state index is 13.4. The van der Waals surface area contributed by atoms with Gasteiger partial charge in [0.2, 0.25) is 0 Å². The molecule has 1 unspecified atom stereocenters. The minimum absolute atomic E-state index is 0.0449. The Balaban J connectivity index is 1.34. The molecule has 3 heterocycles. The second-order valence-electron chi connectivity index (χ2n) is 16.7. The lowest BCUT2D eigenvalue weighted by atomic mass is 9.50. The summed E-state index contributed by atoms with van der Waals surface area (Å²) < 4.78 is 38.8. The molecule has 3 saturated heterocycles. The van der Waals surface area contributed by atoms with E-state index in [1.165, 1.54) is 0 Å². The van der Waals surface area contributed by atoms with Gasteiger partial charge in [-0.15, -0.1) is 0 Å². The van der Waals surface area contributed by atoms with Gasteiger partial charge in [0, 0.05) is 36.7 Å². The van der Waals surface area contributed by atoms with Crippen molar-refractivity contribution in [2.75, 3.05) is 19.8 Å². The van der Waals surface area contributed by atoms with Crippen LogP contribution in [0, 0.1) is 22.7 Å². The van der Waals surface area contributed by atoms with Gasteiger partial charge in [0.25, 0.3) is 0 Å². The number of cyclic esters (lactones) is 1. The molecular formula is C35H60O8Si. The van der Waals surface area contributed by atoms with Crippen LogP contribution in [0.15, 0.2) is 0 Å². The molecule has 10 atom stereocenters. The Labute approximate surface area is 267 Å². The Morgan fingerprint density at radius 3 is 2.34 bits per heavy atom. The van der Waals surface area contributed by atoms with Gasteiger partial charge in [0.1, 0.15) is 18.3 Å². The van der Waals surface area contributed by atoms with Gasteiger partial charge in [-0.3, -0.25) is 9.59 Å². The summed E-state index contributed by atoms with van der Waals surface area (Å²) in [6, 6.07) is 0. The lowest BCUT2D eigenvalue weighted by molar-refractivity contribution is -0.257. The Morgan fingerprint density at radius 1 is 0.932 bits per heavy atom. The normalized spacial score (nSPS) is 43.3. The predicted molar refractivity (Wildman–Crippen MR) is 171 cm³/mol. The Hall–Kier alpha value is -1.00. The third-order valence-electron chi connectivity index (χ3n) is 12.8. The van der Waals surface area contributed by atoms with Crippen molar-refractivity contribution in [2.24, 2.45) is 22.7 Å². The van der Waals surface area contributed by atoms with E-state index in [0.29, 0.717) is 38.4 Å². The van der Waals surface area contributed by atoms with Crippen LogP contribution in [0.1, 0.15) is 113 Å². The summed E-state index contributed by atoms with van der Waals surface area (Å²) in [5.74, 6) is 0.329. The molecule has 0 aromatic carbocycles. The van der Waals surface area contributed by atoms with Crippen molar-refractivity contribution >= 4 is 20.3 Å². The highest BCUT2D eigenvalue weighted by Crippen LogP contribution is 2.72. The minimum atomic E-state index is -1.98. The van der Waals surface area contributed by atoms with Crippen LogP contribution < -0.4 is 0 Å². The fraction of sp³-hybridized carbons (Fsp3) is 0.943. The lowest BCUT2D eigenvalue weighted by Gasteiger charge is -2.60. The summed E-state index contributed by atoms with van der Waals surface area (Å²) in [5, 5.41) is 0.105. The summed E-state index contributed by atoms with van der Waals surface area (Å²) in [7, 11) is -1.98. The van der Waals surface area contributed by atoms with Crippen LogP contribution in [0.4, 0.5) is 0 Å². The van der Waals surface area contributed by atoms with Gasteiger partial charge < -0.3 is 28.1 Å². The highest BCUT2D eigenvalue weighted by atomic mass is 28.4. The maximum Gasteiger partial charge on any atom is 0.306 e. The fourth-order valence-corrected chi connectivity index (χ4v) is 10.0. The van der Waals surface area contributed by atoms with Crippen LogP contribution >= 0.6 is 0 Å². The minimum Gasteiger partial charge on any atom is -0.465 e. The Bertz CT molecular complexity index is 1050. The smallest absolute Gasteiger partial charge is 0.306 e. The molecule has 0 amide bonds. The zero-order chi connectivity index (χ0) is 32.1. The first-order valence-corrected chi connectivity index (χ1v) is 20.4. The number of hydrogen-bond acceptors (Lipinski definition) is 8. The van der Waals surface area contributed by atoms with Crippen molar-refractivity contribution in [2.45, 2.75) is 167 Å². The number of carbonyl (C=O) groups is 2. The van der Waals surface area contributed by atoms with E-state index in [-0.39, 0.29) is 60.0 Å². The number of esters is 2. The van der Waals surface area contributed by atoms with Crippen molar-refractivity contribution in [1.82, 2.24) is 0 Å². The van der Waals surface area contributed by atoms with E-state index in [2.05, 4.69) is 61.6 Å². The molecule has 5 fully saturated rings. The molecule has 8 nitrogen and oxygen atoms in total. The van der Waals surface area contributed by atoms with Gasteiger partial charge in [-0.1, -0.05) is 48.0 Å². The summed E-state index contributed by atoms with van der Waals surface area (Å²) in [6.45, 7) is 21.5. The van der Waals surface area contributed by atoms with Crippen LogP contribution in [0.2, 0.25) is 18.1 Å². The van der Waals surface area contributed by atoms with E-state index in [1.807, 2.05) is 0 Å². The average molecular weight is 637 g/mol. The second-order valence-corrected chi connectivity index (χ2v) is 21.5. The van der Waals surface area contributed by atoms with Gasteiger partial charge in [0.05, 0.1) is 31.0 Å². The number of hydrogen-bond donors (Lipinski definition) is 0. The lowest BCUT2D eigenvalue weighted by Crippen LogP contribution is -2.67. The van der Waals surface area contributed by atoms with Crippen LogP contribution in [0.25, 0.3) is 0 Å². The third-order valence-corrected chi connectivity index (χ3v) is 17.3. The maximum atomic E-state index is 13.4. The van der Waals surface area contributed by atoms with E-state index < -0.39 is 24.7 Å². The van der Waals surface area contributed by atoms with Gasteiger partial charge in [0.15, 0.2) is 8.32 Å². The predicted octanol–water partition coefficient (Wildman–Crippen LogP) is 6.98. The highest BCUT2D eigenvalue weighted by molar-refractivity contribution is 6.74. The van der Waals surface area contributed by atoms with E-state index in [1.54, 1.807) is 0 Å². The molecule has 252 valence electrons. The summed E-state index contributed by atoms with van der Waals surface area (Å²) in [6.07, 6.45) is 6.78. The summed E-state index contributed by atoms with van der Waals surface area (Å²) >= 11 is 0. The number of epoxide rings is 1. The number of ether oxygens (including phenoxy) is 5. The van der Waals surface area contributed by atoms with Crippen LogP contribution in [0.3, 0.4) is 0 Å². The molecule has 2 aliphatic carbocycles. The Kier molecular flexibility index (Phi) is 9.79. The van der Waals surface area contributed by atoms with E-state index in [9.17, 15) is 9.59 Å². The molecule has 3 aliphatic heterocycles. The second kappa shape index (κ2) is 12.5. The quantitative estimate of drug-likeness (QED) is 0.186. The van der Waals surface area contributed by atoms with Crippen molar-refractivity contribution < 1.29 is 37.7 Å². The van der Waals surface area contributed by atoms with Gasteiger partial charge in [-0.25, -0.2) is 0 Å². The molecule has 2 bridgehead atoms. The summed E-state index contributed by atoms with van der Waals surface area (Å²) in [5.41, 5.74) is -1.40. The standard InChI is InChI=1S/C35H60O8Si/c1-23-14-16-34-21-39-31(37)19-24(2)15-17-38-26(25(3)43-44(8,9)32(4,5)6)12-10-11-13-30(36)42-27-20-29(41-28(34)18-23)35(22-40-35)33(27,34)7/h23-29H,10-22H2,1-9H3/t23?,24-,25+,26-,27-,28-,29-,33-,34-,35+/m1/s1. The van der Waals surface area contributed by atoms with E-state index >= 15 is 0 Å². The Morgan fingerprint density at radius 2 is 1.66 bits per heavy atom. The van der Waals surface area contributed by atoms with Crippen LogP contribution in [-0.2, 0) is 37.7 Å². The largest absolute Gasteiger partial charge is 0.465 e. The zero-order valence-electron chi connectivity index (χ0n) is 29.0. The molecular weight excluding hydrogens is 576 g/mol. The highest BCUT2D eigenvalue weighted by Gasteiger charge is 2.83. The van der Waals surface area contributed by atoms with Crippen LogP contribution in [0.5, 0.6) is 0 Å². The molecule has 2 saturated carbocycles. The first-order valence-electron chi connectivity index (χ1n) is 17.5. The molecule has 44 heavy (non-hydrogen) atoms. The molecule has 0 N–H and O–H groups in total. The molecule has 0 aromatic rings. The SMILES string of the molecule is CC1CC[C@@]23COC(=O)C[C@H](C)CCO[C@@H]([C@H](C)O[Si](C)(C)C(C)(C)C)CCCCC(=O)O[C@@H]4C[C@@H](O[C@@H]2C1)[C@@]1(CO1)[C@]43C. The molecule has 5 rings (SSSR count).